The van der Waals surface area contributed by atoms with Crippen LogP contribution in [0.4, 0.5) is 5.82 Å². The molecule has 6 heteroatoms. The second-order valence-electron chi connectivity index (χ2n) is 4.83. The summed E-state index contributed by atoms with van der Waals surface area (Å²) in [6.07, 6.45) is 5.83. The zero-order valence-electron chi connectivity index (χ0n) is 10.8. The number of piperidine rings is 1. The lowest BCUT2D eigenvalue weighted by molar-refractivity contribution is 0.257. The molecule has 0 bridgehead atoms. The predicted molar refractivity (Wildman–Crippen MR) is 76.8 cm³/mol. The molecule has 0 saturated carbocycles. The summed E-state index contributed by atoms with van der Waals surface area (Å²) in [7, 11) is 4.24. The van der Waals surface area contributed by atoms with Crippen LogP contribution in [0, 0.1) is 0 Å². The van der Waals surface area contributed by atoms with Crippen molar-refractivity contribution < 1.29 is 0 Å². The zero-order chi connectivity index (χ0) is 13.1. The molecule has 0 amide bonds. The fraction of sp³-hybridized carbons (Fsp3) is 0.583. The Kier molecular flexibility index (Phi) is 4.08. The number of anilines is 1. The van der Waals surface area contributed by atoms with Crippen molar-refractivity contribution in [2.45, 2.75) is 18.9 Å². The number of aromatic nitrogens is 2. The summed E-state index contributed by atoms with van der Waals surface area (Å²) in [5.41, 5.74) is 6.09. The summed E-state index contributed by atoms with van der Waals surface area (Å²) in [4.78, 5) is 13.5. The largest absolute Gasteiger partial charge is 0.388 e. The van der Waals surface area contributed by atoms with Gasteiger partial charge in [0.15, 0.2) is 0 Å². The van der Waals surface area contributed by atoms with Crippen LogP contribution < -0.4 is 10.6 Å². The van der Waals surface area contributed by atoms with Crippen LogP contribution in [-0.4, -0.2) is 53.1 Å². The van der Waals surface area contributed by atoms with Gasteiger partial charge in [-0.1, -0.05) is 12.2 Å². The molecule has 0 aliphatic carbocycles. The van der Waals surface area contributed by atoms with E-state index < -0.39 is 0 Å². The van der Waals surface area contributed by atoms with Gasteiger partial charge in [-0.2, -0.15) is 0 Å². The number of nitrogens with two attached hydrogens (primary N) is 1. The molecule has 2 N–H and O–H groups in total. The van der Waals surface area contributed by atoms with E-state index in [2.05, 4.69) is 33.9 Å². The van der Waals surface area contributed by atoms with Gasteiger partial charge in [0.05, 0.1) is 12.4 Å². The summed E-state index contributed by atoms with van der Waals surface area (Å²) in [6, 6.07) is 0.579. The number of nitrogens with zero attached hydrogens (tertiary/aromatic N) is 4. The third-order valence-corrected chi connectivity index (χ3v) is 3.55. The minimum Gasteiger partial charge on any atom is -0.388 e. The second kappa shape index (κ2) is 5.58. The van der Waals surface area contributed by atoms with Gasteiger partial charge in [-0.25, -0.2) is 9.97 Å². The number of likely N-dealkylation sites (N-methyl/N-ethyl adjacent to an activating group) is 1. The van der Waals surface area contributed by atoms with Crippen LogP contribution in [0.5, 0.6) is 0 Å². The lowest BCUT2D eigenvalue weighted by atomic mass is 10.1. The third kappa shape index (κ3) is 2.94. The molecule has 2 rings (SSSR count). The van der Waals surface area contributed by atoms with E-state index in [1.807, 2.05) is 0 Å². The topological polar surface area (TPSA) is 58.3 Å². The van der Waals surface area contributed by atoms with Crippen molar-refractivity contribution in [1.82, 2.24) is 14.9 Å². The SMILES string of the molecule is CN(C)C1CCCN(c2cnc(C(N)=S)cn2)C1. The number of thiocarbonyl (C=S) groups is 1. The van der Waals surface area contributed by atoms with Crippen molar-refractivity contribution in [2.24, 2.45) is 5.73 Å². The van der Waals surface area contributed by atoms with Gasteiger partial charge in [-0.15, -0.1) is 0 Å². The maximum absolute atomic E-state index is 5.51. The van der Waals surface area contributed by atoms with Gasteiger partial charge in [-0.05, 0) is 26.9 Å². The average molecular weight is 265 g/mol. The Morgan fingerprint density at radius 2 is 2.22 bits per heavy atom. The van der Waals surface area contributed by atoms with E-state index in [1.165, 1.54) is 12.8 Å². The average Bonchev–Trinajstić information content (AvgIpc) is 2.39. The molecule has 1 aromatic heterocycles. The monoisotopic (exact) mass is 265 g/mol. The zero-order valence-corrected chi connectivity index (χ0v) is 11.7. The van der Waals surface area contributed by atoms with Crippen LogP contribution in [0.1, 0.15) is 18.5 Å². The molecular weight excluding hydrogens is 246 g/mol. The van der Waals surface area contributed by atoms with E-state index >= 15 is 0 Å². The number of rotatable bonds is 3. The molecule has 1 saturated heterocycles. The van der Waals surface area contributed by atoms with Crippen molar-refractivity contribution in [1.29, 1.82) is 0 Å². The van der Waals surface area contributed by atoms with Gasteiger partial charge in [0.25, 0.3) is 0 Å². The van der Waals surface area contributed by atoms with Gasteiger partial charge < -0.3 is 15.5 Å². The van der Waals surface area contributed by atoms with E-state index in [9.17, 15) is 0 Å². The molecule has 1 aliphatic rings. The molecule has 1 aliphatic heterocycles. The Labute approximate surface area is 113 Å². The van der Waals surface area contributed by atoms with Crippen molar-refractivity contribution in [2.75, 3.05) is 32.1 Å². The summed E-state index contributed by atoms with van der Waals surface area (Å²) in [5, 5.41) is 0. The first-order valence-corrected chi connectivity index (χ1v) is 6.52. The molecule has 98 valence electrons. The Bertz CT molecular complexity index is 417. The molecule has 0 radical (unpaired) electrons. The van der Waals surface area contributed by atoms with Crippen LogP contribution in [0.15, 0.2) is 12.4 Å². The van der Waals surface area contributed by atoms with Crippen molar-refractivity contribution >= 4 is 23.0 Å². The normalized spacial score (nSPS) is 20.2. The third-order valence-electron chi connectivity index (χ3n) is 3.34. The fourth-order valence-corrected chi connectivity index (χ4v) is 2.30. The molecule has 1 atom stereocenters. The van der Waals surface area contributed by atoms with Gasteiger partial charge in [0.1, 0.15) is 16.5 Å². The molecule has 5 nitrogen and oxygen atoms in total. The number of hydrogen-bond acceptors (Lipinski definition) is 5. The van der Waals surface area contributed by atoms with Gasteiger partial charge in [0, 0.05) is 19.1 Å². The summed E-state index contributed by atoms with van der Waals surface area (Å²) < 4.78 is 0. The predicted octanol–water partition coefficient (Wildman–Crippen LogP) is 0.641. The van der Waals surface area contributed by atoms with Crippen LogP contribution >= 0.6 is 12.2 Å². The Balaban J connectivity index is 2.09. The quantitative estimate of drug-likeness (QED) is 0.810. The minimum absolute atomic E-state index is 0.291. The molecule has 2 heterocycles. The Morgan fingerprint density at radius 1 is 1.44 bits per heavy atom. The summed E-state index contributed by atoms with van der Waals surface area (Å²) >= 11 is 4.87. The highest BCUT2D eigenvalue weighted by molar-refractivity contribution is 7.80. The maximum Gasteiger partial charge on any atom is 0.147 e. The Morgan fingerprint density at radius 3 is 2.78 bits per heavy atom. The molecule has 0 spiro atoms. The first kappa shape index (κ1) is 13.2. The lowest BCUT2D eigenvalue weighted by Gasteiger charge is -2.36. The van der Waals surface area contributed by atoms with E-state index in [0.29, 0.717) is 16.7 Å². The highest BCUT2D eigenvalue weighted by atomic mass is 32.1. The molecule has 1 unspecified atom stereocenters. The molecule has 1 fully saturated rings. The van der Waals surface area contributed by atoms with E-state index in [4.69, 9.17) is 18.0 Å². The van der Waals surface area contributed by atoms with Crippen molar-refractivity contribution in [3.8, 4) is 0 Å². The van der Waals surface area contributed by atoms with E-state index in [-0.39, 0.29) is 0 Å². The smallest absolute Gasteiger partial charge is 0.147 e. The van der Waals surface area contributed by atoms with Crippen LogP contribution in [-0.2, 0) is 0 Å². The molecule has 18 heavy (non-hydrogen) atoms. The highest BCUT2D eigenvalue weighted by Crippen LogP contribution is 2.19. The molecule has 0 aromatic carbocycles. The highest BCUT2D eigenvalue weighted by Gasteiger charge is 2.22. The van der Waals surface area contributed by atoms with Crippen molar-refractivity contribution in [3.63, 3.8) is 0 Å². The van der Waals surface area contributed by atoms with Gasteiger partial charge in [-0.3, -0.25) is 0 Å². The molecular formula is C12H19N5S. The minimum atomic E-state index is 0.291. The van der Waals surface area contributed by atoms with Crippen LogP contribution in [0.25, 0.3) is 0 Å². The first-order valence-electron chi connectivity index (χ1n) is 6.11. The van der Waals surface area contributed by atoms with Gasteiger partial charge in [0.2, 0.25) is 0 Å². The lowest BCUT2D eigenvalue weighted by Crippen LogP contribution is -2.45. The number of hydrogen-bond donors (Lipinski definition) is 1. The van der Waals surface area contributed by atoms with Gasteiger partial charge >= 0.3 is 0 Å². The van der Waals surface area contributed by atoms with Crippen molar-refractivity contribution in [3.05, 3.63) is 18.1 Å². The van der Waals surface area contributed by atoms with E-state index in [0.717, 1.165) is 18.9 Å². The van der Waals surface area contributed by atoms with Crippen LogP contribution in [0.3, 0.4) is 0 Å². The van der Waals surface area contributed by atoms with Crippen LogP contribution in [0.2, 0.25) is 0 Å². The second-order valence-corrected chi connectivity index (χ2v) is 5.27. The first-order chi connectivity index (χ1) is 8.58. The summed E-state index contributed by atoms with van der Waals surface area (Å²) in [5.74, 6) is 0.904. The Hall–Kier alpha value is -1.27. The fourth-order valence-electron chi connectivity index (χ4n) is 2.20. The van der Waals surface area contributed by atoms with E-state index in [1.54, 1.807) is 12.4 Å². The maximum atomic E-state index is 5.51. The summed E-state index contributed by atoms with van der Waals surface area (Å²) in [6.45, 7) is 2.03. The standard InChI is InChI=1S/C12H19N5S/c1-16(2)9-4-3-5-17(8-9)11-7-14-10(6-15-11)12(13)18/h6-7,9H,3-5,8H2,1-2H3,(H2,13,18). The molecule has 1 aromatic rings.